The summed E-state index contributed by atoms with van der Waals surface area (Å²) in [7, 11) is 1.75. The second-order valence-electron chi connectivity index (χ2n) is 7.24. The van der Waals surface area contributed by atoms with Crippen molar-refractivity contribution in [2.24, 2.45) is 5.92 Å². The Bertz CT molecular complexity index is 657. The van der Waals surface area contributed by atoms with Crippen molar-refractivity contribution in [1.82, 2.24) is 0 Å². The van der Waals surface area contributed by atoms with Crippen molar-refractivity contribution in [2.45, 2.75) is 39.7 Å². The maximum absolute atomic E-state index is 5.43. The molecule has 1 aliphatic heterocycles. The maximum atomic E-state index is 5.43. The molecule has 1 heterocycles. The lowest BCUT2D eigenvalue weighted by molar-refractivity contribution is -0.919. The Hall–Kier alpha value is -1.80. The van der Waals surface area contributed by atoms with Crippen LogP contribution in [-0.4, -0.2) is 20.2 Å². The molecule has 2 nitrogen and oxygen atoms in total. The smallest absolute Gasteiger partial charge is 0.122 e. The Kier molecular flexibility index (Phi) is 5.57. The Balaban J connectivity index is 1.55. The Morgan fingerprint density at radius 3 is 2.33 bits per heavy atom. The zero-order valence-electron chi connectivity index (χ0n) is 15.3. The SMILES string of the molecule is COc1ccc(C[NH+]2CCC(Cc3ccccc3)CC2)c(C)c1C. The molecule has 0 atom stereocenters. The highest BCUT2D eigenvalue weighted by Gasteiger charge is 2.23. The average molecular weight is 324 g/mol. The van der Waals surface area contributed by atoms with Crippen LogP contribution in [0, 0.1) is 19.8 Å². The fraction of sp³-hybridized carbons (Fsp3) is 0.455. The van der Waals surface area contributed by atoms with Crippen molar-refractivity contribution in [2.75, 3.05) is 20.2 Å². The number of hydrogen-bond donors (Lipinski definition) is 1. The van der Waals surface area contributed by atoms with Gasteiger partial charge in [-0.3, -0.25) is 0 Å². The van der Waals surface area contributed by atoms with Crippen molar-refractivity contribution in [3.8, 4) is 5.75 Å². The van der Waals surface area contributed by atoms with Gasteiger partial charge in [-0.25, -0.2) is 0 Å². The molecule has 1 N–H and O–H groups in total. The summed E-state index contributed by atoms with van der Waals surface area (Å²) in [5.74, 6) is 1.86. The summed E-state index contributed by atoms with van der Waals surface area (Å²) in [5, 5.41) is 0. The summed E-state index contributed by atoms with van der Waals surface area (Å²) in [6, 6.07) is 15.3. The van der Waals surface area contributed by atoms with E-state index in [1.165, 1.54) is 54.6 Å². The zero-order chi connectivity index (χ0) is 16.9. The molecule has 128 valence electrons. The van der Waals surface area contributed by atoms with Crippen molar-refractivity contribution < 1.29 is 9.64 Å². The minimum absolute atomic E-state index is 0.856. The van der Waals surface area contributed by atoms with Crippen molar-refractivity contribution >= 4 is 0 Å². The van der Waals surface area contributed by atoms with Crippen LogP contribution in [0.2, 0.25) is 0 Å². The van der Waals surface area contributed by atoms with E-state index >= 15 is 0 Å². The van der Waals surface area contributed by atoms with Crippen molar-refractivity contribution in [3.05, 3.63) is 64.7 Å². The quantitative estimate of drug-likeness (QED) is 0.890. The fourth-order valence-corrected chi connectivity index (χ4v) is 3.95. The minimum atomic E-state index is 0.856. The van der Waals surface area contributed by atoms with E-state index in [0.717, 1.165) is 18.2 Å². The van der Waals surface area contributed by atoms with Gasteiger partial charge < -0.3 is 9.64 Å². The van der Waals surface area contributed by atoms with Gasteiger partial charge in [0.15, 0.2) is 0 Å². The van der Waals surface area contributed by atoms with Crippen LogP contribution in [-0.2, 0) is 13.0 Å². The molecular weight excluding hydrogens is 294 g/mol. The van der Waals surface area contributed by atoms with Gasteiger partial charge in [0.2, 0.25) is 0 Å². The van der Waals surface area contributed by atoms with E-state index in [-0.39, 0.29) is 0 Å². The van der Waals surface area contributed by atoms with Gasteiger partial charge in [-0.15, -0.1) is 0 Å². The highest BCUT2D eigenvalue weighted by Crippen LogP contribution is 2.24. The summed E-state index contributed by atoms with van der Waals surface area (Å²) in [6.45, 7) is 8.13. The molecule has 1 aliphatic rings. The predicted molar refractivity (Wildman–Crippen MR) is 99.7 cm³/mol. The molecule has 0 saturated carbocycles. The summed E-state index contributed by atoms with van der Waals surface area (Å²) < 4.78 is 5.43. The standard InChI is InChI=1S/C22H29NO/c1-17-18(2)22(24-3)10-9-21(17)16-23-13-11-20(12-14-23)15-19-7-5-4-6-8-19/h4-10,20H,11-16H2,1-3H3/p+1. The van der Waals surface area contributed by atoms with Gasteiger partial charge in [-0.1, -0.05) is 30.3 Å². The molecule has 1 fully saturated rings. The second-order valence-corrected chi connectivity index (χ2v) is 7.24. The van der Waals surface area contributed by atoms with Crippen LogP contribution in [0.25, 0.3) is 0 Å². The first-order valence-corrected chi connectivity index (χ1v) is 9.18. The molecule has 2 aromatic rings. The van der Waals surface area contributed by atoms with Crippen LogP contribution in [0.1, 0.15) is 35.1 Å². The van der Waals surface area contributed by atoms with Gasteiger partial charge >= 0.3 is 0 Å². The summed E-state index contributed by atoms with van der Waals surface area (Å²) in [4.78, 5) is 1.73. The van der Waals surface area contributed by atoms with Crippen LogP contribution >= 0.6 is 0 Å². The van der Waals surface area contributed by atoms with Gasteiger partial charge in [0.05, 0.1) is 20.2 Å². The molecule has 0 aromatic heterocycles. The molecule has 0 aliphatic carbocycles. The highest BCUT2D eigenvalue weighted by atomic mass is 16.5. The molecular formula is C22H30NO+. The van der Waals surface area contributed by atoms with Crippen LogP contribution < -0.4 is 9.64 Å². The topological polar surface area (TPSA) is 13.7 Å². The molecule has 0 spiro atoms. The van der Waals surface area contributed by atoms with Crippen LogP contribution in [0.15, 0.2) is 42.5 Å². The van der Waals surface area contributed by atoms with E-state index in [0.29, 0.717) is 0 Å². The number of likely N-dealkylation sites (tertiary alicyclic amines) is 1. The third-order valence-corrected chi connectivity index (χ3v) is 5.69. The lowest BCUT2D eigenvalue weighted by Gasteiger charge is -2.30. The first-order chi connectivity index (χ1) is 11.7. The third-order valence-electron chi connectivity index (χ3n) is 5.69. The molecule has 0 unspecified atom stereocenters. The zero-order valence-corrected chi connectivity index (χ0v) is 15.3. The van der Waals surface area contributed by atoms with Crippen molar-refractivity contribution in [1.29, 1.82) is 0 Å². The van der Waals surface area contributed by atoms with Gasteiger partial charge in [0.1, 0.15) is 12.3 Å². The molecule has 1 saturated heterocycles. The van der Waals surface area contributed by atoms with Crippen LogP contribution in [0.3, 0.4) is 0 Å². The van der Waals surface area contributed by atoms with Gasteiger partial charge in [-0.05, 0) is 67.9 Å². The second kappa shape index (κ2) is 7.85. The summed E-state index contributed by atoms with van der Waals surface area (Å²) in [6.07, 6.45) is 3.94. The number of piperidine rings is 1. The number of hydrogen-bond acceptors (Lipinski definition) is 1. The molecule has 24 heavy (non-hydrogen) atoms. The summed E-state index contributed by atoms with van der Waals surface area (Å²) in [5.41, 5.74) is 5.65. The van der Waals surface area contributed by atoms with E-state index in [4.69, 9.17) is 4.74 Å². The van der Waals surface area contributed by atoms with Crippen molar-refractivity contribution in [3.63, 3.8) is 0 Å². The summed E-state index contributed by atoms with van der Waals surface area (Å²) >= 11 is 0. The van der Waals surface area contributed by atoms with Crippen LogP contribution in [0.4, 0.5) is 0 Å². The number of quaternary nitrogens is 1. The Labute approximate surface area is 146 Å². The molecule has 2 aromatic carbocycles. The number of benzene rings is 2. The number of methoxy groups -OCH3 is 1. The van der Waals surface area contributed by atoms with Gasteiger partial charge in [0.25, 0.3) is 0 Å². The van der Waals surface area contributed by atoms with Gasteiger partial charge in [-0.2, -0.15) is 0 Å². The molecule has 0 bridgehead atoms. The van der Waals surface area contributed by atoms with E-state index in [2.05, 4.69) is 56.3 Å². The average Bonchev–Trinajstić information content (AvgIpc) is 2.62. The molecule has 2 heteroatoms. The first-order valence-electron chi connectivity index (χ1n) is 9.18. The number of nitrogens with one attached hydrogen (secondary N) is 1. The van der Waals surface area contributed by atoms with E-state index in [1.807, 2.05) is 0 Å². The fourth-order valence-electron chi connectivity index (χ4n) is 3.95. The predicted octanol–water partition coefficient (Wildman–Crippen LogP) is 3.35. The Morgan fingerprint density at radius 2 is 1.67 bits per heavy atom. The first kappa shape index (κ1) is 17.0. The van der Waals surface area contributed by atoms with E-state index in [9.17, 15) is 0 Å². The molecule has 3 rings (SSSR count). The lowest BCUT2D eigenvalue weighted by atomic mass is 9.90. The largest absolute Gasteiger partial charge is 0.496 e. The van der Waals surface area contributed by atoms with E-state index in [1.54, 1.807) is 12.0 Å². The van der Waals surface area contributed by atoms with E-state index < -0.39 is 0 Å². The minimum Gasteiger partial charge on any atom is -0.496 e. The van der Waals surface area contributed by atoms with Gasteiger partial charge in [0, 0.05) is 5.56 Å². The normalized spacial score (nSPS) is 20.8. The molecule has 0 amide bonds. The molecule has 0 radical (unpaired) electrons. The lowest BCUT2D eigenvalue weighted by Crippen LogP contribution is -3.11. The number of rotatable bonds is 5. The monoisotopic (exact) mass is 324 g/mol. The highest BCUT2D eigenvalue weighted by molar-refractivity contribution is 5.43. The third kappa shape index (κ3) is 3.99. The Morgan fingerprint density at radius 1 is 0.958 bits per heavy atom. The number of ether oxygens (including phenoxy) is 1. The van der Waals surface area contributed by atoms with Crippen LogP contribution in [0.5, 0.6) is 5.75 Å². The maximum Gasteiger partial charge on any atom is 0.122 e.